The van der Waals surface area contributed by atoms with Crippen LogP contribution in [0.2, 0.25) is 0 Å². The smallest absolute Gasteiger partial charge is 0.135 e. The van der Waals surface area contributed by atoms with Crippen molar-refractivity contribution >= 4 is 22.9 Å². The number of thiocarbonyl (C=S) groups is 1. The van der Waals surface area contributed by atoms with Crippen LogP contribution in [0.15, 0.2) is 18.2 Å². The number of rotatable bonds is 9. The zero-order valence-electron chi connectivity index (χ0n) is 13.2. The number of nitrogens with one attached hydrogen (secondary N) is 1. The van der Waals surface area contributed by atoms with Gasteiger partial charge in [-0.3, -0.25) is 0 Å². The standard InChI is InChI=1S/C16H26FN3S/c1-4-20(5-2)11-7-8-12(3)19-14-10-6-9-13(17)15(14)16(18)21/h6,9-10,12,19H,4-5,7-8,11H2,1-3H3,(H2,18,21). The fourth-order valence-corrected chi connectivity index (χ4v) is 2.60. The molecule has 0 fully saturated rings. The minimum absolute atomic E-state index is 0.0888. The van der Waals surface area contributed by atoms with Gasteiger partial charge in [0.15, 0.2) is 0 Å². The minimum atomic E-state index is -0.372. The van der Waals surface area contributed by atoms with Gasteiger partial charge in [0.2, 0.25) is 0 Å². The van der Waals surface area contributed by atoms with Crippen molar-refractivity contribution in [3.05, 3.63) is 29.6 Å². The molecular formula is C16H26FN3S. The molecule has 3 nitrogen and oxygen atoms in total. The van der Waals surface area contributed by atoms with Gasteiger partial charge >= 0.3 is 0 Å². The first kappa shape index (κ1) is 17.9. The summed E-state index contributed by atoms with van der Waals surface area (Å²) >= 11 is 4.93. The Balaban J connectivity index is 2.57. The first-order valence-electron chi connectivity index (χ1n) is 7.56. The van der Waals surface area contributed by atoms with Crippen molar-refractivity contribution in [1.82, 2.24) is 4.90 Å². The molecule has 0 bridgehead atoms. The Morgan fingerprint density at radius 3 is 2.62 bits per heavy atom. The third-order valence-corrected chi connectivity index (χ3v) is 3.87. The average Bonchev–Trinajstić information content (AvgIpc) is 2.43. The molecule has 0 spiro atoms. The van der Waals surface area contributed by atoms with Crippen molar-refractivity contribution < 1.29 is 4.39 Å². The second-order valence-corrected chi connectivity index (χ2v) is 5.68. The van der Waals surface area contributed by atoms with E-state index < -0.39 is 0 Å². The van der Waals surface area contributed by atoms with Crippen LogP contribution in [0.5, 0.6) is 0 Å². The van der Waals surface area contributed by atoms with Gasteiger partial charge in [0.25, 0.3) is 0 Å². The minimum Gasteiger partial charge on any atom is -0.389 e. The van der Waals surface area contributed by atoms with E-state index in [1.807, 2.05) is 6.07 Å². The Morgan fingerprint density at radius 1 is 1.38 bits per heavy atom. The highest BCUT2D eigenvalue weighted by atomic mass is 32.1. The van der Waals surface area contributed by atoms with Crippen LogP contribution >= 0.6 is 12.2 Å². The lowest BCUT2D eigenvalue weighted by atomic mass is 10.1. The van der Waals surface area contributed by atoms with E-state index in [2.05, 4.69) is 31.0 Å². The zero-order chi connectivity index (χ0) is 15.8. The van der Waals surface area contributed by atoms with Crippen molar-refractivity contribution in [2.45, 2.75) is 39.7 Å². The lowest BCUT2D eigenvalue weighted by Crippen LogP contribution is -2.26. The molecule has 0 aromatic heterocycles. The summed E-state index contributed by atoms with van der Waals surface area (Å²) in [5, 5.41) is 3.32. The maximum Gasteiger partial charge on any atom is 0.135 e. The first-order valence-corrected chi connectivity index (χ1v) is 7.97. The molecule has 1 aromatic carbocycles. The van der Waals surface area contributed by atoms with Crippen LogP contribution in [-0.2, 0) is 0 Å². The normalized spacial score (nSPS) is 12.4. The molecule has 5 heteroatoms. The molecule has 1 aromatic rings. The Kier molecular flexibility index (Phi) is 7.61. The maximum atomic E-state index is 13.8. The molecule has 0 aliphatic carbocycles. The molecule has 118 valence electrons. The monoisotopic (exact) mass is 311 g/mol. The van der Waals surface area contributed by atoms with E-state index in [9.17, 15) is 4.39 Å². The van der Waals surface area contributed by atoms with Crippen LogP contribution in [0.3, 0.4) is 0 Å². The lowest BCUT2D eigenvalue weighted by Gasteiger charge is -2.21. The molecule has 1 unspecified atom stereocenters. The first-order chi connectivity index (χ1) is 9.99. The van der Waals surface area contributed by atoms with Crippen LogP contribution in [0, 0.1) is 5.82 Å². The van der Waals surface area contributed by atoms with Crippen molar-refractivity contribution in [3.8, 4) is 0 Å². The Labute approximate surface area is 132 Å². The van der Waals surface area contributed by atoms with E-state index in [0.29, 0.717) is 11.3 Å². The van der Waals surface area contributed by atoms with Crippen molar-refractivity contribution in [2.24, 2.45) is 5.73 Å². The van der Waals surface area contributed by atoms with Gasteiger partial charge in [-0.15, -0.1) is 0 Å². The van der Waals surface area contributed by atoms with Crippen molar-refractivity contribution in [1.29, 1.82) is 0 Å². The second kappa shape index (κ2) is 8.95. The number of halogens is 1. The van der Waals surface area contributed by atoms with Crippen LogP contribution in [0.25, 0.3) is 0 Å². The molecule has 21 heavy (non-hydrogen) atoms. The largest absolute Gasteiger partial charge is 0.389 e. The molecule has 1 atom stereocenters. The highest BCUT2D eigenvalue weighted by molar-refractivity contribution is 7.80. The number of hydrogen-bond acceptors (Lipinski definition) is 3. The van der Waals surface area contributed by atoms with Crippen LogP contribution in [0.1, 0.15) is 39.2 Å². The van der Waals surface area contributed by atoms with E-state index in [4.69, 9.17) is 18.0 Å². The molecule has 0 heterocycles. The highest BCUT2D eigenvalue weighted by Gasteiger charge is 2.13. The van der Waals surface area contributed by atoms with E-state index >= 15 is 0 Å². The Bertz CT molecular complexity index is 461. The van der Waals surface area contributed by atoms with E-state index in [-0.39, 0.29) is 16.8 Å². The molecule has 0 aliphatic heterocycles. The quantitative estimate of drug-likeness (QED) is 0.686. The summed E-state index contributed by atoms with van der Waals surface area (Å²) in [4.78, 5) is 2.49. The van der Waals surface area contributed by atoms with Crippen molar-refractivity contribution in [3.63, 3.8) is 0 Å². The van der Waals surface area contributed by atoms with Crippen LogP contribution < -0.4 is 11.1 Å². The predicted octanol–water partition coefficient (Wildman–Crippen LogP) is 3.38. The summed E-state index contributed by atoms with van der Waals surface area (Å²) in [5.41, 5.74) is 6.60. The third-order valence-electron chi connectivity index (χ3n) is 3.67. The number of hydrogen-bond donors (Lipinski definition) is 2. The number of benzene rings is 1. The lowest BCUT2D eigenvalue weighted by molar-refractivity contribution is 0.295. The summed E-state index contributed by atoms with van der Waals surface area (Å²) in [6, 6.07) is 5.11. The van der Waals surface area contributed by atoms with Crippen LogP contribution in [-0.4, -0.2) is 35.6 Å². The fraction of sp³-hybridized carbons (Fsp3) is 0.562. The Morgan fingerprint density at radius 2 is 2.05 bits per heavy atom. The van der Waals surface area contributed by atoms with Gasteiger partial charge in [0.1, 0.15) is 10.8 Å². The highest BCUT2D eigenvalue weighted by Crippen LogP contribution is 2.20. The third kappa shape index (κ3) is 5.59. The van der Waals surface area contributed by atoms with Crippen molar-refractivity contribution in [2.75, 3.05) is 25.0 Å². The maximum absolute atomic E-state index is 13.8. The number of nitrogens with zero attached hydrogens (tertiary/aromatic N) is 1. The molecule has 1 rings (SSSR count). The molecule has 3 N–H and O–H groups in total. The summed E-state index contributed by atoms with van der Waals surface area (Å²) in [6.45, 7) is 9.68. The number of nitrogens with two attached hydrogens (primary N) is 1. The summed E-state index contributed by atoms with van der Waals surface area (Å²) in [7, 11) is 0. The van der Waals surface area contributed by atoms with E-state index in [1.165, 1.54) is 6.07 Å². The molecule has 0 amide bonds. The molecular weight excluding hydrogens is 285 g/mol. The SMILES string of the molecule is CCN(CC)CCCC(C)Nc1cccc(F)c1C(N)=S. The average molecular weight is 311 g/mol. The van der Waals surface area contributed by atoms with Gasteiger partial charge < -0.3 is 16.0 Å². The van der Waals surface area contributed by atoms with E-state index in [0.717, 1.165) is 32.5 Å². The molecule has 0 saturated carbocycles. The number of anilines is 1. The molecule has 0 aliphatic rings. The second-order valence-electron chi connectivity index (χ2n) is 5.24. The van der Waals surface area contributed by atoms with Gasteiger partial charge in [0.05, 0.1) is 5.56 Å². The predicted molar refractivity (Wildman–Crippen MR) is 92.4 cm³/mol. The fourth-order valence-electron chi connectivity index (χ4n) is 2.39. The van der Waals surface area contributed by atoms with Gasteiger partial charge in [-0.25, -0.2) is 4.39 Å². The van der Waals surface area contributed by atoms with E-state index in [1.54, 1.807) is 6.07 Å². The van der Waals surface area contributed by atoms with Gasteiger partial charge in [0, 0.05) is 11.7 Å². The zero-order valence-corrected chi connectivity index (χ0v) is 14.0. The summed E-state index contributed by atoms with van der Waals surface area (Å²) in [5.74, 6) is -0.372. The van der Waals surface area contributed by atoms with Gasteiger partial charge in [-0.1, -0.05) is 32.1 Å². The molecule has 0 saturated heterocycles. The van der Waals surface area contributed by atoms with Gasteiger partial charge in [-0.2, -0.15) is 0 Å². The Hall–Kier alpha value is -1.20. The van der Waals surface area contributed by atoms with Gasteiger partial charge in [-0.05, 0) is 51.5 Å². The molecule has 0 radical (unpaired) electrons. The topological polar surface area (TPSA) is 41.3 Å². The van der Waals surface area contributed by atoms with Crippen LogP contribution in [0.4, 0.5) is 10.1 Å². The summed E-state index contributed by atoms with van der Waals surface area (Å²) < 4.78 is 13.8. The summed E-state index contributed by atoms with van der Waals surface area (Å²) in [6.07, 6.45) is 2.12.